The van der Waals surface area contributed by atoms with Crippen LogP contribution in [-0.2, 0) is 11.3 Å². The Hall–Kier alpha value is -3.82. The number of rotatable bonds is 4. The highest BCUT2D eigenvalue weighted by molar-refractivity contribution is 5.80. The number of hydrogen-bond acceptors (Lipinski definition) is 5. The van der Waals surface area contributed by atoms with Gasteiger partial charge in [-0.3, -0.25) is 4.79 Å². The molecule has 0 aliphatic carbocycles. The van der Waals surface area contributed by atoms with Crippen LogP contribution in [0.3, 0.4) is 0 Å². The monoisotopic (exact) mass is 410 g/mol. The summed E-state index contributed by atoms with van der Waals surface area (Å²) in [4.78, 5) is 39.5. The molecule has 0 saturated carbocycles. The van der Waals surface area contributed by atoms with E-state index in [4.69, 9.17) is 5.11 Å². The molecule has 1 fully saturated rings. The summed E-state index contributed by atoms with van der Waals surface area (Å²) >= 11 is 0. The van der Waals surface area contributed by atoms with Crippen molar-refractivity contribution in [3.63, 3.8) is 0 Å². The summed E-state index contributed by atoms with van der Waals surface area (Å²) in [5.41, 5.74) is 2.50. The van der Waals surface area contributed by atoms with E-state index in [0.29, 0.717) is 35.7 Å². The molecule has 154 valence electrons. The van der Waals surface area contributed by atoms with Gasteiger partial charge in [-0.25, -0.2) is 24.1 Å². The van der Waals surface area contributed by atoms with Crippen molar-refractivity contribution in [3.05, 3.63) is 55.0 Å². The molecule has 1 aliphatic heterocycles. The Morgan fingerprint density at radius 2 is 1.70 bits per heavy atom. The number of carboxylic acid groups (broad SMARTS) is 1. The Labute approximate surface area is 171 Å². The van der Waals surface area contributed by atoms with Crippen molar-refractivity contribution in [1.82, 2.24) is 29.3 Å². The topological polar surface area (TPSA) is 104 Å². The van der Waals surface area contributed by atoms with Gasteiger partial charge in [-0.05, 0) is 30.3 Å². The van der Waals surface area contributed by atoms with E-state index in [1.165, 1.54) is 23.4 Å². The van der Waals surface area contributed by atoms with Gasteiger partial charge in [0.1, 0.15) is 18.7 Å². The fraction of sp³-hybridized carbons (Fsp3) is 0.250. The van der Waals surface area contributed by atoms with E-state index in [0.717, 1.165) is 0 Å². The lowest BCUT2D eigenvalue weighted by molar-refractivity contribution is -0.133. The van der Waals surface area contributed by atoms with Crippen LogP contribution in [-0.4, -0.2) is 72.6 Å². The normalized spacial score (nSPS) is 14.0. The van der Waals surface area contributed by atoms with Crippen molar-refractivity contribution < 1.29 is 19.1 Å². The lowest BCUT2D eigenvalue weighted by atomic mass is 10.1. The molecule has 4 rings (SSSR count). The summed E-state index contributed by atoms with van der Waals surface area (Å²) in [6, 6.07) is 7.67. The van der Waals surface area contributed by atoms with E-state index in [1.807, 2.05) is 0 Å². The molecule has 1 aliphatic rings. The van der Waals surface area contributed by atoms with Gasteiger partial charge in [0.15, 0.2) is 0 Å². The lowest BCUT2D eigenvalue weighted by Crippen LogP contribution is -2.50. The van der Waals surface area contributed by atoms with Crippen molar-refractivity contribution in [2.24, 2.45) is 0 Å². The molecule has 9 nitrogen and oxygen atoms in total. The van der Waals surface area contributed by atoms with Crippen LogP contribution in [0.25, 0.3) is 22.6 Å². The predicted octanol–water partition coefficient (Wildman–Crippen LogP) is 1.97. The number of benzene rings is 1. The molecule has 2 aromatic heterocycles. The largest absolute Gasteiger partial charge is 0.465 e. The minimum absolute atomic E-state index is 0.0284. The van der Waals surface area contributed by atoms with E-state index in [2.05, 4.69) is 15.0 Å². The van der Waals surface area contributed by atoms with Gasteiger partial charge in [-0.1, -0.05) is 0 Å². The molecule has 10 heteroatoms. The minimum atomic E-state index is -0.980. The maximum absolute atomic E-state index is 13.3. The van der Waals surface area contributed by atoms with Gasteiger partial charge in [0, 0.05) is 37.9 Å². The minimum Gasteiger partial charge on any atom is -0.465 e. The summed E-state index contributed by atoms with van der Waals surface area (Å²) < 4.78 is 15.1. The predicted molar refractivity (Wildman–Crippen MR) is 105 cm³/mol. The number of piperazine rings is 1. The van der Waals surface area contributed by atoms with Crippen molar-refractivity contribution >= 4 is 12.0 Å². The second kappa shape index (κ2) is 8.27. The summed E-state index contributed by atoms with van der Waals surface area (Å²) in [5, 5.41) is 9.06. The Balaban J connectivity index is 1.61. The second-order valence-electron chi connectivity index (χ2n) is 6.82. The van der Waals surface area contributed by atoms with Gasteiger partial charge in [0.2, 0.25) is 5.91 Å². The van der Waals surface area contributed by atoms with Gasteiger partial charge in [-0.2, -0.15) is 0 Å². The number of carbonyl (C=O) groups is 2. The maximum atomic E-state index is 13.3. The van der Waals surface area contributed by atoms with Crippen molar-refractivity contribution in [1.29, 1.82) is 0 Å². The maximum Gasteiger partial charge on any atom is 0.407 e. The highest BCUT2D eigenvalue weighted by Crippen LogP contribution is 2.30. The van der Waals surface area contributed by atoms with Crippen LogP contribution in [0.2, 0.25) is 0 Å². The molecule has 3 aromatic rings. The lowest BCUT2D eigenvalue weighted by Gasteiger charge is -2.33. The zero-order valence-electron chi connectivity index (χ0n) is 16.0. The van der Waals surface area contributed by atoms with Crippen LogP contribution in [0.15, 0.2) is 49.2 Å². The molecule has 3 heterocycles. The first-order valence-corrected chi connectivity index (χ1v) is 9.36. The van der Waals surface area contributed by atoms with Crippen LogP contribution in [0, 0.1) is 5.82 Å². The van der Waals surface area contributed by atoms with E-state index in [9.17, 15) is 14.0 Å². The summed E-state index contributed by atoms with van der Waals surface area (Å²) in [7, 11) is 0. The zero-order chi connectivity index (χ0) is 21.1. The average Bonchev–Trinajstić information content (AvgIpc) is 3.18. The number of halogens is 1. The quantitative estimate of drug-likeness (QED) is 0.705. The molecule has 0 atom stereocenters. The molecular weight excluding hydrogens is 391 g/mol. The Morgan fingerprint density at radius 1 is 1.00 bits per heavy atom. The SMILES string of the molecule is O=C(O)N1CCN(C(=O)Cn2cnc(-c3ccc(F)cc3)c2-c2ccncn2)CC1. The molecule has 0 bridgehead atoms. The first-order valence-electron chi connectivity index (χ1n) is 9.36. The Bertz CT molecular complexity index is 1050. The van der Waals surface area contributed by atoms with Gasteiger partial charge >= 0.3 is 6.09 Å². The number of carbonyl (C=O) groups excluding carboxylic acids is 1. The van der Waals surface area contributed by atoms with Gasteiger partial charge in [0.05, 0.1) is 23.4 Å². The first kappa shape index (κ1) is 19.5. The third-order valence-electron chi connectivity index (χ3n) is 4.99. The van der Waals surface area contributed by atoms with Gasteiger partial charge in [-0.15, -0.1) is 0 Å². The van der Waals surface area contributed by atoms with Crippen LogP contribution in [0.4, 0.5) is 9.18 Å². The molecule has 1 saturated heterocycles. The molecule has 0 unspecified atom stereocenters. The molecule has 0 radical (unpaired) electrons. The van der Waals surface area contributed by atoms with Gasteiger partial charge < -0.3 is 19.5 Å². The number of imidazole rings is 1. The summed E-state index contributed by atoms with van der Waals surface area (Å²) in [6.07, 6.45) is 3.59. The number of aromatic nitrogens is 4. The summed E-state index contributed by atoms with van der Waals surface area (Å²) in [5.74, 6) is -0.490. The van der Waals surface area contributed by atoms with Crippen LogP contribution < -0.4 is 0 Å². The molecule has 1 N–H and O–H groups in total. The van der Waals surface area contributed by atoms with Crippen LogP contribution >= 0.6 is 0 Å². The highest BCUT2D eigenvalue weighted by Gasteiger charge is 2.25. The molecule has 2 amide bonds. The van der Waals surface area contributed by atoms with Crippen LogP contribution in [0.1, 0.15) is 0 Å². The van der Waals surface area contributed by atoms with Gasteiger partial charge in [0.25, 0.3) is 0 Å². The third-order valence-corrected chi connectivity index (χ3v) is 4.99. The van der Waals surface area contributed by atoms with Crippen molar-refractivity contribution in [2.75, 3.05) is 26.2 Å². The van der Waals surface area contributed by atoms with E-state index in [-0.39, 0.29) is 31.4 Å². The van der Waals surface area contributed by atoms with E-state index < -0.39 is 6.09 Å². The van der Waals surface area contributed by atoms with E-state index >= 15 is 0 Å². The first-order chi connectivity index (χ1) is 14.5. The summed E-state index contributed by atoms with van der Waals surface area (Å²) in [6.45, 7) is 1.27. The fourth-order valence-corrected chi connectivity index (χ4v) is 3.41. The smallest absolute Gasteiger partial charge is 0.407 e. The Morgan fingerprint density at radius 3 is 2.33 bits per heavy atom. The second-order valence-corrected chi connectivity index (χ2v) is 6.82. The average molecular weight is 410 g/mol. The van der Waals surface area contributed by atoms with Crippen molar-refractivity contribution in [2.45, 2.75) is 6.54 Å². The highest BCUT2D eigenvalue weighted by atomic mass is 19.1. The molecule has 0 spiro atoms. The van der Waals surface area contributed by atoms with Crippen LogP contribution in [0.5, 0.6) is 0 Å². The fourth-order valence-electron chi connectivity index (χ4n) is 3.41. The Kier molecular flexibility index (Phi) is 5.38. The zero-order valence-corrected chi connectivity index (χ0v) is 16.0. The number of nitrogens with zero attached hydrogens (tertiary/aromatic N) is 6. The molecular formula is C20H19FN6O3. The molecule has 1 aromatic carbocycles. The van der Waals surface area contributed by atoms with Crippen molar-refractivity contribution in [3.8, 4) is 22.6 Å². The number of hydrogen-bond donors (Lipinski definition) is 1. The number of amides is 2. The van der Waals surface area contributed by atoms with E-state index in [1.54, 1.807) is 40.2 Å². The molecule has 30 heavy (non-hydrogen) atoms. The standard InChI is InChI=1S/C20H19FN6O3/c21-15-3-1-14(2-4-15)18-19(16-5-6-22-12-23-16)27(13-24-18)11-17(28)25-7-9-26(10-8-25)20(29)30/h1-6,12-13H,7-11H2,(H,29,30). The third kappa shape index (κ3) is 3.97.